The van der Waals surface area contributed by atoms with Crippen molar-refractivity contribution in [2.75, 3.05) is 0 Å². The molecule has 53 heavy (non-hydrogen) atoms. The van der Waals surface area contributed by atoms with Crippen LogP contribution < -0.4 is 0 Å². The third-order valence-corrected chi connectivity index (χ3v) is 9.76. The number of fused-ring (bicyclic) bond motifs is 7. The van der Waals surface area contributed by atoms with E-state index < -0.39 is 0 Å². The number of hydrogen-bond donors (Lipinski definition) is 0. The summed E-state index contributed by atoms with van der Waals surface area (Å²) in [7, 11) is 0. The Morgan fingerprint density at radius 2 is 1.09 bits per heavy atom. The lowest BCUT2D eigenvalue weighted by Crippen LogP contribution is -2.02. The first-order chi connectivity index (χ1) is 26.1. The van der Waals surface area contributed by atoms with Crippen molar-refractivity contribution in [1.29, 1.82) is 0 Å². The highest BCUT2D eigenvalue weighted by molar-refractivity contribution is 6.24. The predicted octanol–water partition coefficient (Wildman–Crippen LogP) is 11.4. The van der Waals surface area contributed by atoms with E-state index >= 15 is 0 Å². The van der Waals surface area contributed by atoms with Crippen LogP contribution in [0.2, 0.25) is 0 Å². The minimum Gasteiger partial charge on any atom is -0.456 e. The second kappa shape index (κ2) is 12.1. The van der Waals surface area contributed by atoms with Crippen molar-refractivity contribution in [1.82, 2.24) is 19.5 Å². The zero-order chi connectivity index (χ0) is 35.5. The molecule has 0 aliphatic rings. The number of nitro groups is 1. The van der Waals surface area contributed by atoms with Crippen molar-refractivity contribution in [3.63, 3.8) is 0 Å². The molecule has 0 aliphatic heterocycles. The first kappa shape index (κ1) is 30.4. The van der Waals surface area contributed by atoms with Gasteiger partial charge in [0.2, 0.25) is 0 Å². The molecule has 10 aromatic rings. The monoisotopic (exact) mass is 685 g/mol. The van der Waals surface area contributed by atoms with E-state index in [0.717, 1.165) is 77.2 Å². The lowest BCUT2D eigenvalue weighted by Gasteiger charge is -2.16. The fourth-order valence-electron chi connectivity index (χ4n) is 7.32. The van der Waals surface area contributed by atoms with Gasteiger partial charge in [0, 0.05) is 50.5 Å². The van der Waals surface area contributed by atoms with Gasteiger partial charge in [0.15, 0.2) is 17.5 Å². The summed E-state index contributed by atoms with van der Waals surface area (Å²) < 4.78 is 8.66. The summed E-state index contributed by atoms with van der Waals surface area (Å²) in [6.45, 7) is 0. The van der Waals surface area contributed by atoms with Crippen molar-refractivity contribution in [2.24, 2.45) is 0 Å². The van der Waals surface area contributed by atoms with Crippen LogP contribution in [0.15, 0.2) is 168 Å². The maximum Gasteiger partial charge on any atom is 0.269 e. The largest absolute Gasteiger partial charge is 0.456 e. The van der Waals surface area contributed by atoms with Crippen LogP contribution in [0.5, 0.6) is 0 Å². The number of aromatic nitrogens is 4. The molecule has 0 saturated carbocycles. The number of furan rings is 1. The molecule has 0 spiro atoms. The van der Waals surface area contributed by atoms with Gasteiger partial charge in [-0.2, -0.15) is 0 Å². The van der Waals surface area contributed by atoms with E-state index in [1.807, 2.05) is 97.1 Å². The van der Waals surface area contributed by atoms with Crippen molar-refractivity contribution in [2.45, 2.75) is 0 Å². The summed E-state index contributed by atoms with van der Waals surface area (Å²) in [5.74, 6) is 1.64. The molecule has 250 valence electrons. The maximum atomic E-state index is 11.7. The lowest BCUT2D eigenvalue weighted by atomic mass is 9.99. The molecule has 0 unspecified atom stereocenters. The van der Waals surface area contributed by atoms with Gasteiger partial charge in [0.05, 0.1) is 27.0 Å². The zero-order valence-electron chi connectivity index (χ0n) is 28.0. The zero-order valence-corrected chi connectivity index (χ0v) is 28.0. The summed E-state index contributed by atoms with van der Waals surface area (Å²) in [5, 5.41) is 15.9. The quantitative estimate of drug-likeness (QED) is 0.128. The number of nitrogens with zero attached hydrogens (tertiary/aromatic N) is 5. The Morgan fingerprint density at radius 3 is 1.77 bits per heavy atom. The SMILES string of the molecule is O=[N+]([O-])c1ccc(-c2cc(-c3nc(-c4ccccc4)nc(-c4ccccc4)n3)ccc2-n2c3ccccc3c3ccc4oc5ccccc5c4c32)cc1. The lowest BCUT2D eigenvalue weighted by molar-refractivity contribution is -0.384. The molecule has 0 bridgehead atoms. The van der Waals surface area contributed by atoms with E-state index in [2.05, 4.69) is 47.0 Å². The van der Waals surface area contributed by atoms with Crippen LogP contribution in [0.3, 0.4) is 0 Å². The van der Waals surface area contributed by atoms with Gasteiger partial charge in [0.1, 0.15) is 11.2 Å². The van der Waals surface area contributed by atoms with E-state index in [9.17, 15) is 10.1 Å². The molecule has 0 saturated heterocycles. The van der Waals surface area contributed by atoms with Crippen molar-refractivity contribution >= 4 is 49.4 Å². The normalized spacial score (nSPS) is 11.5. The first-order valence-corrected chi connectivity index (χ1v) is 17.2. The average Bonchev–Trinajstić information content (AvgIpc) is 3.77. The van der Waals surface area contributed by atoms with E-state index in [0.29, 0.717) is 17.5 Å². The standard InChI is InChI=1S/C45H27N5O3/c51-50(52)32-22-19-28(20-23-32)36-27-31(45-47-43(29-11-3-1-4-12-29)46-44(48-45)30-13-5-2-6-14-30)21-25-38(36)49-37-17-9-7-15-33(37)34-24-26-40-41(42(34)49)35-16-8-10-18-39(35)53-40/h1-27H. The fourth-order valence-corrected chi connectivity index (χ4v) is 7.32. The van der Waals surface area contributed by atoms with Crippen molar-refractivity contribution in [3.8, 4) is 51.0 Å². The molecular weight excluding hydrogens is 659 g/mol. The highest BCUT2D eigenvalue weighted by Gasteiger charge is 2.22. The van der Waals surface area contributed by atoms with Crippen LogP contribution >= 0.6 is 0 Å². The topological polar surface area (TPSA) is 99.9 Å². The number of hydrogen-bond acceptors (Lipinski definition) is 6. The van der Waals surface area contributed by atoms with Gasteiger partial charge in [-0.25, -0.2) is 15.0 Å². The van der Waals surface area contributed by atoms with Gasteiger partial charge < -0.3 is 8.98 Å². The molecular formula is C45H27N5O3. The Hall–Kier alpha value is -7.45. The molecule has 7 aromatic carbocycles. The first-order valence-electron chi connectivity index (χ1n) is 17.2. The van der Waals surface area contributed by atoms with Gasteiger partial charge in [-0.05, 0) is 60.2 Å². The van der Waals surface area contributed by atoms with E-state index in [1.165, 1.54) is 0 Å². The second-order valence-electron chi connectivity index (χ2n) is 12.9. The molecule has 8 heteroatoms. The van der Waals surface area contributed by atoms with Gasteiger partial charge in [0.25, 0.3) is 5.69 Å². The summed E-state index contributed by atoms with van der Waals surface area (Å²) in [4.78, 5) is 26.2. The van der Waals surface area contributed by atoms with Crippen LogP contribution in [0.4, 0.5) is 5.69 Å². The smallest absolute Gasteiger partial charge is 0.269 e. The number of nitro benzene ring substituents is 1. The van der Waals surface area contributed by atoms with Crippen LogP contribution in [-0.4, -0.2) is 24.4 Å². The summed E-state index contributed by atoms with van der Waals surface area (Å²) in [6.07, 6.45) is 0. The summed E-state index contributed by atoms with van der Waals surface area (Å²) >= 11 is 0. The van der Waals surface area contributed by atoms with Crippen molar-refractivity contribution in [3.05, 3.63) is 174 Å². The van der Waals surface area contributed by atoms with Crippen LogP contribution in [0.1, 0.15) is 0 Å². The summed E-state index contributed by atoms with van der Waals surface area (Å²) in [5.41, 5.74) is 8.76. The van der Waals surface area contributed by atoms with Crippen LogP contribution in [0.25, 0.3) is 94.7 Å². The number of non-ortho nitro benzene ring substituents is 1. The van der Waals surface area contributed by atoms with Gasteiger partial charge >= 0.3 is 0 Å². The average molecular weight is 686 g/mol. The minimum absolute atomic E-state index is 0.0207. The maximum absolute atomic E-state index is 11.7. The Balaban J connectivity index is 1.28. The molecule has 0 amide bonds. The third-order valence-electron chi connectivity index (χ3n) is 9.76. The van der Waals surface area contributed by atoms with E-state index in [-0.39, 0.29) is 10.6 Å². The van der Waals surface area contributed by atoms with Crippen LogP contribution in [-0.2, 0) is 0 Å². The van der Waals surface area contributed by atoms with E-state index in [1.54, 1.807) is 24.3 Å². The molecule has 0 fully saturated rings. The van der Waals surface area contributed by atoms with E-state index in [4.69, 9.17) is 19.4 Å². The molecule has 3 aromatic heterocycles. The second-order valence-corrected chi connectivity index (χ2v) is 12.9. The highest BCUT2D eigenvalue weighted by atomic mass is 16.6. The molecule has 0 N–H and O–H groups in total. The fraction of sp³-hybridized carbons (Fsp3) is 0. The van der Waals surface area contributed by atoms with Crippen molar-refractivity contribution < 1.29 is 9.34 Å². The van der Waals surface area contributed by atoms with Crippen LogP contribution in [0, 0.1) is 10.1 Å². The molecule has 8 nitrogen and oxygen atoms in total. The van der Waals surface area contributed by atoms with Gasteiger partial charge in [-0.3, -0.25) is 10.1 Å². The summed E-state index contributed by atoms with van der Waals surface area (Å²) in [6, 6.07) is 53.3. The molecule has 3 heterocycles. The third kappa shape index (κ3) is 5.04. The molecule has 0 atom stereocenters. The Bertz CT molecular complexity index is 2970. The van der Waals surface area contributed by atoms with Gasteiger partial charge in [-0.15, -0.1) is 0 Å². The Kier molecular flexibility index (Phi) is 6.94. The minimum atomic E-state index is -0.379. The number of benzene rings is 7. The number of para-hydroxylation sites is 2. The highest BCUT2D eigenvalue weighted by Crippen LogP contribution is 2.43. The Morgan fingerprint density at radius 1 is 0.509 bits per heavy atom. The Labute approximate surface area is 302 Å². The number of rotatable bonds is 6. The van der Waals surface area contributed by atoms with Gasteiger partial charge in [-0.1, -0.05) is 97.1 Å². The molecule has 0 aliphatic carbocycles. The predicted molar refractivity (Wildman–Crippen MR) is 210 cm³/mol. The molecule has 0 radical (unpaired) electrons. The molecule has 10 rings (SSSR count).